The smallest absolute Gasteiger partial charge is 0.251 e. The molecule has 1 aromatic rings. The second-order valence-electron chi connectivity index (χ2n) is 5.03. The van der Waals surface area contributed by atoms with Gasteiger partial charge >= 0.3 is 0 Å². The molecular weight excluding hydrogens is 314 g/mol. The van der Waals surface area contributed by atoms with Crippen molar-refractivity contribution in [2.45, 2.75) is 25.7 Å². The summed E-state index contributed by atoms with van der Waals surface area (Å²) in [4.78, 5) is 12.0. The Morgan fingerprint density at radius 1 is 1.39 bits per heavy atom. The first-order chi connectivity index (χ1) is 8.65. The van der Waals surface area contributed by atoms with Crippen molar-refractivity contribution in [1.82, 2.24) is 5.32 Å². The van der Waals surface area contributed by atoms with E-state index < -0.39 is 0 Å². The number of nitrogens with one attached hydrogen (secondary N) is 1. The monoisotopic (exact) mass is 329 g/mol. The molecule has 4 heteroatoms. The number of carbonyl (C=O) groups is 1. The molecule has 0 saturated heterocycles. The van der Waals surface area contributed by atoms with Crippen LogP contribution in [0.3, 0.4) is 0 Å². The van der Waals surface area contributed by atoms with Gasteiger partial charge in [0, 0.05) is 27.9 Å². The van der Waals surface area contributed by atoms with Gasteiger partial charge in [0.25, 0.3) is 5.91 Å². The molecule has 18 heavy (non-hydrogen) atoms. The maximum atomic E-state index is 12.0. The Morgan fingerprint density at radius 2 is 2.11 bits per heavy atom. The molecule has 1 amide bonds. The molecule has 0 aliphatic heterocycles. The summed E-state index contributed by atoms with van der Waals surface area (Å²) in [6.07, 6.45) is 4.68. The highest BCUT2D eigenvalue weighted by Crippen LogP contribution is 2.38. The molecule has 0 atom stereocenters. The predicted molar refractivity (Wildman–Crippen MR) is 78.1 cm³/mol. The van der Waals surface area contributed by atoms with Crippen LogP contribution in [0.2, 0.25) is 0 Å². The lowest BCUT2D eigenvalue weighted by Gasteiger charge is -2.26. The van der Waals surface area contributed by atoms with Crippen LogP contribution in [0.4, 0.5) is 0 Å². The van der Waals surface area contributed by atoms with Crippen LogP contribution in [0, 0.1) is 5.41 Å². The summed E-state index contributed by atoms with van der Waals surface area (Å²) in [6, 6.07) is 7.43. The summed E-state index contributed by atoms with van der Waals surface area (Å²) >= 11 is 9.43. The highest BCUT2D eigenvalue weighted by molar-refractivity contribution is 9.10. The lowest BCUT2D eigenvalue weighted by molar-refractivity contribution is 0.0935. The molecule has 1 fully saturated rings. The SMILES string of the molecule is O=C(NCC1(CCl)CCCC1)c1cccc(Br)c1. The first-order valence-electron chi connectivity index (χ1n) is 6.25. The van der Waals surface area contributed by atoms with E-state index in [0.717, 1.165) is 17.3 Å². The van der Waals surface area contributed by atoms with Gasteiger partial charge in [-0.2, -0.15) is 0 Å². The van der Waals surface area contributed by atoms with Gasteiger partial charge in [0.05, 0.1) is 0 Å². The molecule has 1 aromatic carbocycles. The number of alkyl halides is 1. The molecule has 1 saturated carbocycles. The highest BCUT2D eigenvalue weighted by Gasteiger charge is 2.33. The van der Waals surface area contributed by atoms with Crippen molar-refractivity contribution in [2.24, 2.45) is 5.41 Å². The number of hydrogen-bond acceptors (Lipinski definition) is 1. The third-order valence-corrected chi connectivity index (χ3v) is 4.72. The number of hydrogen-bond donors (Lipinski definition) is 1. The lowest BCUT2D eigenvalue weighted by Crippen LogP contribution is -2.37. The van der Waals surface area contributed by atoms with Crippen molar-refractivity contribution in [3.63, 3.8) is 0 Å². The molecule has 0 bridgehead atoms. The van der Waals surface area contributed by atoms with E-state index in [2.05, 4.69) is 21.2 Å². The Balaban J connectivity index is 1.96. The van der Waals surface area contributed by atoms with Gasteiger partial charge in [0.2, 0.25) is 0 Å². The normalized spacial score (nSPS) is 17.7. The number of amides is 1. The Hall–Kier alpha value is -0.540. The topological polar surface area (TPSA) is 29.1 Å². The molecular formula is C14H17BrClNO. The molecule has 0 spiro atoms. The molecule has 98 valence electrons. The first-order valence-corrected chi connectivity index (χ1v) is 7.58. The lowest BCUT2D eigenvalue weighted by atomic mass is 9.88. The van der Waals surface area contributed by atoms with Crippen molar-refractivity contribution in [3.8, 4) is 0 Å². The van der Waals surface area contributed by atoms with Gasteiger partial charge in [-0.1, -0.05) is 34.8 Å². The molecule has 0 aromatic heterocycles. The van der Waals surface area contributed by atoms with E-state index >= 15 is 0 Å². The van der Waals surface area contributed by atoms with Gasteiger partial charge in [-0.05, 0) is 31.0 Å². The molecule has 0 heterocycles. The van der Waals surface area contributed by atoms with Gasteiger partial charge < -0.3 is 5.32 Å². The Labute approximate surface area is 121 Å². The number of benzene rings is 1. The van der Waals surface area contributed by atoms with Crippen molar-refractivity contribution in [1.29, 1.82) is 0 Å². The molecule has 1 aliphatic rings. The summed E-state index contributed by atoms with van der Waals surface area (Å²) in [6.45, 7) is 0.682. The summed E-state index contributed by atoms with van der Waals surface area (Å²) in [7, 11) is 0. The summed E-state index contributed by atoms with van der Waals surface area (Å²) in [5.74, 6) is 0.610. The van der Waals surface area contributed by atoms with Crippen molar-refractivity contribution < 1.29 is 4.79 Å². The van der Waals surface area contributed by atoms with Gasteiger partial charge in [-0.25, -0.2) is 0 Å². The minimum absolute atomic E-state index is 0.0207. The minimum atomic E-state index is -0.0207. The summed E-state index contributed by atoms with van der Waals surface area (Å²) in [5, 5.41) is 3.02. The zero-order valence-corrected chi connectivity index (χ0v) is 12.6. The van der Waals surface area contributed by atoms with Crippen LogP contribution in [-0.4, -0.2) is 18.3 Å². The fraction of sp³-hybridized carbons (Fsp3) is 0.500. The second kappa shape index (κ2) is 6.07. The average molecular weight is 331 g/mol. The first kappa shape index (κ1) is 13.9. The van der Waals surface area contributed by atoms with Crippen molar-refractivity contribution in [2.75, 3.05) is 12.4 Å². The quantitative estimate of drug-likeness (QED) is 0.831. The van der Waals surface area contributed by atoms with Crippen LogP contribution >= 0.6 is 27.5 Å². The van der Waals surface area contributed by atoms with E-state index in [9.17, 15) is 4.79 Å². The Morgan fingerprint density at radius 3 is 2.72 bits per heavy atom. The summed E-state index contributed by atoms with van der Waals surface area (Å²) < 4.78 is 0.920. The van der Waals surface area contributed by atoms with Gasteiger partial charge in [0.15, 0.2) is 0 Å². The maximum absolute atomic E-state index is 12.0. The highest BCUT2D eigenvalue weighted by atomic mass is 79.9. The Kier molecular flexibility index (Phi) is 4.68. The van der Waals surface area contributed by atoms with Crippen LogP contribution in [0.5, 0.6) is 0 Å². The second-order valence-corrected chi connectivity index (χ2v) is 6.22. The molecule has 1 aliphatic carbocycles. The minimum Gasteiger partial charge on any atom is -0.351 e. The fourth-order valence-corrected chi connectivity index (χ4v) is 3.24. The molecule has 1 N–H and O–H groups in total. The number of carbonyl (C=O) groups excluding carboxylic acids is 1. The Bertz CT molecular complexity index is 430. The van der Waals surface area contributed by atoms with Crippen molar-refractivity contribution >= 4 is 33.4 Å². The van der Waals surface area contributed by atoms with Crippen LogP contribution in [0.1, 0.15) is 36.0 Å². The van der Waals surface area contributed by atoms with Crippen molar-refractivity contribution in [3.05, 3.63) is 34.3 Å². The van der Waals surface area contributed by atoms with Gasteiger partial charge in [-0.3, -0.25) is 4.79 Å². The average Bonchev–Trinajstić information content (AvgIpc) is 2.85. The summed E-state index contributed by atoms with van der Waals surface area (Å²) in [5.41, 5.74) is 0.801. The zero-order valence-electron chi connectivity index (χ0n) is 10.2. The third-order valence-electron chi connectivity index (χ3n) is 3.66. The molecule has 2 rings (SSSR count). The van der Waals surface area contributed by atoms with E-state index in [1.54, 1.807) is 0 Å². The molecule has 0 radical (unpaired) electrons. The van der Waals surface area contributed by atoms with E-state index in [4.69, 9.17) is 11.6 Å². The van der Waals surface area contributed by atoms with Crippen LogP contribution in [0.25, 0.3) is 0 Å². The largest absolute Gasteiger partial charge is 0.351 e. The number of halogens is 2. The van der Waals surface area contributed by atoms with Crippen LogP contribution in [0.15, 0.2) is 28.7 Å². The van der Waals surface area contributed by atoms with Crippen LogP contribution in [-0.2, 0) is 0 Å². The van der Waals surface area contributed by atoms with Gasteiger partial charge in [-0.15, -0.1) is 11.6 Å². The third kappa shape index (κ3) is 3.27. The van der Waals surface area contributed by atoms with Crippen LogP contribution < -0.4 is 5.32 Å². The number of rotatable bonds is 4. The van der Waals surface area contributed by atoms with E-state index in [1.807, 2.05) is 24.3 Å². The van der Waals surface area contributed by atoms with Gasteiger partial charge in [0.1, 0.15) is 0 Å². The maximum Gasteiger partial charge on any atom is 0.251 e. The molecule has 2 nitrogen and oxygen atoms in total. The standard InChI is InChI=1S/C14H17BrClNO/c15-12-5-3-4-11(8-12)13(18)17-10-14(9-16)6-1-2-7-14/h3-5,8H,1-2,6-7,9-10H2,(H,17,18). The molecule has 0 unspecified atom stereocenters. The van der Waals surface area contributed by atoms with E-state index in [-0.39, 0.29) is 11.3 Å². The van der Waals surface area contributed by atoms with E-state index in [0.29, 0.717) is 18.0 Å². The van der Waals surface area contributed by atoms with E-state index in [1.165, 1.54) is 12.8 Å². The fourth-order valence-electron chi connectivity index (χ4n) is 2.48. The zero-order chi connectivity index (χ0) is 13.0. The predicted octanol–water partition coefficient (Wildman–Crippen LogP) is 3.98.